The van der Waals surface area contributed by atoms with Crippen LogP contribution in [0.4, 0.5) is 20.2 Å². The fourth-order valence-electron chi connectivity index (χ4n) is 3.67. The van der Waals surface area contributed by atoms with E-state index in [-0.39, 0.29) is 23.1 Å². The number of alkyl halides is 2. The summed E-state index contributed by atoms with van der Waals surface area (Å²) >= 11 is 15.3. The molecule has 0 bridgehead atoms. The Balaban J connectivity index is 1.87. The highest BCUT2D eigenvalue weighted by Crippen LogP contribution is 2.27. The third kappa shape index (κ3) is 9.12. The SMILES string of the molecule is CNC1=CC=C(C(=O)Nc2ccc(Br)cc2)C(NC(=S)Nc2cc(CNC(=O)C(C)(C)C)ccc2Cl)(OCC(F)F)N1. The maximum atomic E-state index is 13.4. The van der Waals surface area contributed by atoms with Gasteiger partial charge in [0.15, 0.2) is 5.11 Å². The minimum absolute atomic E-state index is 0.0704. The molecule has 6 N–H and O–H groups in total. The first-order chi connectivity index (χ1) is 19.7. The second kappa shape index (κ2) is 14.3. The number of allylic oxidation sites excluding steroid dienone is 2. The van der Waals surface area contributed by atoms with Crippen LogP contribution in [0.2, 0.25) is 5.02 Å². The van der Waals surface area contributed by atoms with E-state index in [1.165, 1.54) is 6.08 Å². The van der Waals surface area contributed by atoms with Crippen molar-refractivity contribution < 1.29 is 23.1 Å². The van der Waals surface area contributed by atoms with E-state index in [0.717, 1.165) is 10.0 Å². The van der Waals surface area contributed by atoms with E-state index >= 15 is 0 Å². The number of halogens is 4. The topological polar surface area (TPSA) is 116 Å². The molecule has 2 aromatic carbocycles. The minimum atomic E-state index is -2.85. The number of amides is 2. The minimum Gasteiger partial charge on any atom is -0.375 e. The molecule has 0 radical (unpaired) electrons. The van der Waals surface area contributed by atoms with Gasteiger partial charge in [0.2, 0.25) is 5.91 Å². The number of hydrogen-bond acceptors (Lipinski definition) is 6. The molecule has 2 aromatic rings. The number of dihydropyridines is 1. The zero-order valence-electron chi connectivity index (χ0n) is 23.3. The molecular weight excluding hydrogens is 654 g/mol. The predicted octanol–water partition coefficient (Wildman–Crippen LogP) is 5.22. The van der Waals surface area contributed by atoms with Crippen molar-refractivity contribution in [2.24, 2.45) is 5.41 Å². The van der Waals surface area contributed by atoms with E-state index in [1.54, 1.807) is 55.6 Å². The lowest BCUT2D eigenvalue weighted by molar-refractivity contribution is -0.128. The van der Waals surface area contributed by atoms with Crippen LogP contribution in [0.5, 0.6) is 0 Å². The summed E-state index contributed by atoms with van der Waals surface area (Å²) in [6.45, 7) is 4.64. The second-order valence-electron chi connectivity index (χ2n) is 10.2. The highest BCUT2D eigenvalue weighted by Gasteiger charge is 2.43. The number of hydrogen-bond donors (Lipinski definition) is 6. The Bertz CT molecular complexity index is 1380. The average Bonchev–Trinajstić information content (AvgIpc) is 2.92. The molecule has 2 amide bonds. The van der Waals surface area contributed by atoms with Crippen molar-refractivity contribution in [3.05, 3.63) is 81.1 Å². The molecule has 1 aliphatic heterocycles. The van der Waals surface area contributed by atoms with Gasteiger partial charge in [0.05, 0.1) is 16.3 Å². The highest BCUT2D eigenvalue weighted by molar-refractivity contribution is 9.10. The zero-order valence-corrected chi connectivity index (χ0v) is 26.5. The molecule has 1 aliphatic rings. The molecule has 14 heteroatoms. The van der Waals surface area contributed by atoms with Crippen molar-refractivity contribution in [3.8, 4) is 0 Å². The van der Waals surface area contributed by atoms with Crippen LogP contribution in [-0.2, 0) is 20.9 Å². The smallest absolute Gasteiger partial charge is 0.261 e. The lowest BCUT2D eigenvalue weighted by atomic mass is 9.95. The van der Waals surface area contributed by atoms with Crippen LogP contribution < -0.4 is 31.9 Å². The lowest BCUT2D eigenvalue weighted by Gasteiger charge is -2.40. The Hall–Kier alpha value is -3.26. The predicted molar refractivity (Wildman–Crippen MR) is 168 cm³/mol. The monoisotopic (exact) mass is 684 g/mol. The van der Waals surface area contributed by atoms with Gasteiger partial charge in [0, 0.05) is 29.2 Å². The lowest BCUT2D eigenvalue weighted by Crippen LogP contribution is -2.66. The molecule has 0 saturated carbocycles. The van der Waals surface area contributed by atoms with Crippen LogP contribution in [0, 0.1) is 5.41 Å². The number of anilines is 2. The van der Waals surface area contributed by atoms with Gasteiger partial charge in [-0.3, -0.25) is 9.59 Å². The molecule has 1 heterocycles. The summed E-state index contributed by atoms with van der Waals surface area (Å²) in [6, 6.07) is 11.9. The summed E-state index contributed by atoms with van der Waals surface area (Å²) in [5, 5.41) is 17.4. The third-order valence-corrected chi connectivity index (χ3v) is 6.91. The van der Waals surface area contributed by atoms with Crippen molar-refractivity contribution in [2.45, 2.75) is 39.6 Å². The Morgan fingerprint density at radius 3 is 2.43 bits per heavy atom. The Kier molecular flexibility index (Phi) is 11.3. The Morgan fingerprint density at radius 1 is 1.12 bits per heavy atom. The Labute approximate surface area is 262 Å². The molecule has 226 valence electrons. The second-order valence-corrected chi connectivity index (χ2v) is 11.9. The first-order valence-electron chi connectivity index (χ1n) is 12.8. The van der Waals surface area contributed by atoms with Gasteiger partial charge in [0.25, 0.3) is 18.2 Å². The molecule has 3 rings (SSSR count). The summed E-state index contributed by atoms with van der Waals surface area (Å²) in [7, 11) is 1.61. The van der Waals surface area contributed by atoms with Crippen molar-refractivity contribution in [2.75, 3.05) is 24.3 Å². The quantitative estimate of drug-likeness (QED) is 0.149. The van der Waals surface area contributed by atoms with Crippen LogP contribution in [0.3, 0.4) is 0 Å². The largest absolute Gasteiger partial charge is 0.375 e. The van der Waals surface area contributed by atoms with Crippen LogP contribution in [0.25, 0.3) is 0 Å². The van der Waals surface area contributed by atoms with E-state index in [9.17, 15) is 18.4 Å². The van der Waals surface area contributed by atoms with Crippen LogP contribution in [-0.4, -0.2) is 42.9 Å². The summed E-state index contributed by atoms with van der Waals surface area (Å²) < 4.78 is 33.2. The number of carbonyl (C=O) groups is 2. The molecule has 42 heavy (non-hydrogen) atoms. The first kappa shape index (κ1) is 33.2. The van der Waals surface area contributed by atoms with Crippen LogP contribution in [0.1, 0.15) is 26.3 Å². The highest BCUT2D eigenvalue weighted by atomic mass is 79.9. The number of ether oxygens (including phenoxy) is 1. The van der Waals surface area contributed by atoms with E-state index < -0.39 is 30.2 Å². The molecule has 0 aromatic heterocycles. The Morgan fingerprint density at radius 2 is 1.81 bits per heavy atom. The van der Waals surface area contributed by atoms with E-state index in [1.807, 2.05) is 20.8 Å². The molecule has 0 spiro atoms. The standard InChI is InChI=1S/C28H32BrClF2N6O3S/c1-27(2,3)25(40)34-14-16-5-11-20(30)21(13-16)36-26(42)38-28(41-15-22(31)32)19(10-12-23(33-4)37-28)24(39)35-18-8-6-17(29)7-9-18/h5-13,22,33,37H,14-15H2,1-4H3,(H,34,40)(H,35,39)(H2,36,38,42). The summed E-state index contributed by atoms with van der Waals surface area (Å²) in [6.07, 6.45) is 0.148. The van der Waals surface area contributed by atoms with Crippen molar-refractivity contribution >= 4 is 68.1 Å². The number of benzene rings is 2. The van der Waals surface area contributed by atoms with E-state index in [4.69, 9.17) is 28.6 Å². The van der Waals surface area contributed by atoms with Gasteiger partial charge >= 0.3 is 0 Å². The average molecular weight is 686 g/mol. The number of rotatable bonds is 10. The first-order valence-corrected chi connectivity index (χ1v) is 14.3. The van der Waals surface area contributed by atoms with Gasteiger partial charge < -0.3 is 36.6 Å². The van der Waals surface area contributed by atoms with Gasteiger partial charge in [-0.1, -0.05) is 54.4 Å². The van der Waals surface area contributed by atoms with Gasteiger partial charge in [0.1, 0.15) is 12.4 Å². The maximum Gasteiger partial charge on any atom is 0.261 e. The molecule has 0 fully saturated rings. The maximum absolute atomic E-state index is 13.4. The zero-order chi connectivity index (χ0) is 31.1. The summed E-state index contributed by atoms with van der Waals surface area (Å²) in [4.78, 5) is 25.7. The fourth-order valence-corrected chi connectivity index (χ4v) is 4.35. The molecule has 0 saturated heterocycles. The third-order valence-electron chi connectivity index (χ3n) is 5.85. The fraction of sp³-hybridized carbons (Fsp3) is 0.321. The van der Waals surface area contributed by atoms with Gasteiger partial charge in [-0.05, 0) is 66.3 Å². The number of nitrogens with one attached hydrogen (secondary N) is 6. The van der Waals surface area contributed by atoms with Crippen LogP contribution >= 0.6 is 39.7 Å². The van der Waals surface area contributed by atoms with Gasteiger partial charge in [-0.2, -0.15) is 0 Å². The van der Waals surface area contributed by atoms with Crippen molar-refractivity contribution in [1.29, 1.82) is 0 Å². The number of carbonyl (C=O) groups excluding carboxylic acids is 2. The van der Waals surface area contributed by atoms with Crippen LogP contribution in [0.15, 0.2) is 70.5 Å². The molecule has 1 atom stereocenters. The number of thiocarbonyl (C=S) groups is 1. The van der Waals surface area contributed by atoms with E-state index in [2.05, 4.69) is 47.8 Å². The normalized spacial score (nSPS) is 16.5. The van der Waals surface area contributed by atoms with Gasteiger partial charge in [-0.25, -0.2) is 8.78 Å². The molecule has 0 aliphatic carbocycles. The summed E-state index contributed by atoms with van der Waals surface area (Å²) in [5.41, 5.74) is 0.952. The molecular formula is C28H32BrClF2N6O3S. The molecule has 9 nitrogen and oxygen atoms in total. The van der Waals surface area contributed by atoms with Crippen molar-refractivity contribution in [3.63, 3.8) is 0 Å². The molecule has 1 unspecified atom stereocenters. The van der Waals surface area contributed by atoms with Gasteiger partial charge in [-0.15, -0.1) is 0 Å². The van der Waals surface area contributed by atoms with Crippen molar-refractivity contribution in [1.82, 2.24) is 21.3 Å². The van der Waals surface area contributed by atoms with E-state index in [0.29, 0.717) is 22.2 Å². The summed E-state index contributed by atoms with van der Waals surface area (Å²) in [5.74, 6) is -2.39.